The zero-order valence-corrected chi connectivity index (χ0v) is 10.1. The van der Waals surface area contributed by atoms with Gasteiger partial charge in [0, 0.05) is 12.7 Å². The second kappa shape index (κ2) is 4.88. The summed E-state index contributed by atoms with van der Waals surface area (Å²) < 4.78 is 0. The average Bonchev–Trinajstić information content (AvgIpc) is 2.46. The second-order valence-electron chi connectivity index (χ2n) is 4.20. The molecule has 86 valence electrons. The molecule has 1 fully saturated rings. The highest BCUT2D eigenvalue weighted by Crippen LogP contribution is 2.33. The Hall–Kier alpha value is -0.710. The third-order valence-electron chi connectivity index (χ3n) is 2.41. The zero-order chi connectivity index (χ0) is 11.6. The molecule has 1 aliphatic rings. The largest absolute Gasteiger partial charge is 0.480 e. The summed E-state index contributed by atoms with van der Waals surface area (Å²) in [7, 11) is 0. The number of carbonyl (C=O) groups excluding carboxylic acids is 1. The summed E-state index contributed by atoms with van der Waals surface area (Å²) in [5.41, 5.74) is 0. The third-order valence-corrected chi connectivity index (χ3v) is 3.73. The lowest BCUT2D eigenvalue weighted by molar-refractivity contribution is -0.148. The molecule has 0 bridgehead atoms. The van der Waals surface area contributed by atoms with Crippen molar-refractivity contribution >= 4 is 23.6 Å². The van der Waals surface area contributed by atoms with Crippen LogP contribution in [-0.2, 0) is 9.59 Å². The van der Waals surface area contributed by atoms with E-state index in [1.165, 1.54) is 11.8 Å². The van der Waals surface area contributed by atoms with Crippen molar-refractivity contribution in [2.75, 3.05) is 5.75 Å². The molecule has 1 heterocycles. The lowest BCUT2D eigenvalue weighted by Crippen LogP contribution is -2.44. The van der Waals surface area contributed by atoms with Gasteiger partial charge in [-0.15, -0.1) is 11.8 Å². The third kappa shape index (κ3) is 2.87. The number of hydrogen-bond donors (Lipinski definition) is 1. The predicted octanol–water partition coefficient (Wildman–Crippen LogP) is 1.41. The van der Waals surface area contributed by atoms with E-state index in [0.29, 0.717) is 11.7 Å². The number of hydrogen-bond acceptors (Lipinski definition) is 3. The predicted molar refractivity (Wildman–Crippen MR) is 59.6 cm³/mol. The van der Waals surface area contributed by atoms with Gasteiger partial charge < -0.3 is 10.0 Å². The summed E-state index contributed by atoms with van der Waals surface area (Å²) in [5.74, 6) is -0.0642. The van der Waals surface area contributed by atoms with Gasteiger partial charge in [0.1, 0.15) is 6.04 Å². The van der Waals surface area contributed by atoms with Crippen molar-refractivity contribution in [1.82, 2.24) is 4.90 Å². The van der Waals surface area contributed by atoms with Gasteiger partial charge in [-0.2, -0.15) is 0 Å². The molecule has 0 radical (unpaired) electrons. The maximum Gasteiger partial charge on any atom is 0.327 e. The molecule has 15 heavy (non-hydrogen) atoms. The van der Waals surface area contributed by atoms with Gasteiger partial charge in [-0.3, -0.25) is 4.79 Å². The van der Waals surface area contributed by atoms with Crippen LogP contribution in [0.3, 0.4) is 0 Å². The van der Waals surface area contributed by atoms with Gasteiger partial charge in [-0.25, -0.2) is 4.79 Å². The Bertz CT molecular complexity index is 267. The van der Waals surface area contributed by atoms with Crippen LogP contribution >= 0.6 is 11.8 Å². The van der Waals surface area contributed by atoms with Crippen LogP contribution in [0.4, 0.5) is 0 Å². The van der Waals surface area contributed by atoms with E-state index in [-0.39, 0.29) is 11.3 Å². The molecule has 0 aliphatic carbocycles. The maximum atomic E-state index is 11.4. The van der Waals surface area contributed by atoms with Crippen molar-refractivity contribution in [3.05, 3.63) is 0 Å². The van der Waals surface area contributed by atoms with E-state index in [1.807, 2.05) is 0 Å². The van der Waals surface area contributed by atoms with Crippen LogP contribution in [0.1, 0.15) is 27.2 Å². The highest BCUT2D eigenvalue weighted by Gasteiger charge is 2.40. The van der Waals surface area contributed by atoms with Crippen molar-refractivity contribution < 1.29 is 14.7 Å². The Labute approximate surface area is 94.0 Å². The standard InChI is InChI=1S/C10H17NO3S/c1-6(2)4-9-11(7(3)12)8(5-15-9)10(13)14/h6,8-9H,4-5H2,1-3H3,(H,13,14). The number of carboxylic acid groups (broad SMARTS) is 1. The average molecular weight is 231 g/mol. The first-order valence-corrected chi connectivity index (χ1v) is 6.11. The molecule has 2 unspecified atom stereocenters. The summed E-state index contributed by atoms with van der Waals surface area (Å²) in [6, 6.07) is -0.642. The summed E-state index contributed by atoms with van der Waals surface area (Å²) >= 11 is 1.57. The number of carboxylic acids is 1. The van der Waals surface area contributed by atoms with E-state index in [2.05, 4.69) is 13.8 Å². The Balaban J connectivity index is 2.75. The fourth-order valence-electron chi connectivity index (χ4n) is 1.76. The van der Waals surface area contributed by atoms with Gasteiger partial charge >= 0.3 is 5.97 Å². The molecule has 4 nitrogen and oxygen atoms in total. The Morgan fingerprint density at radius 1 is 1.53 bits per heavy atom. The molecule has 0 aromatic heterocycles. The number of aliphatic carboxylic acids is 1. The topological polar surface area (TPSA) is 57.6 Å². The van der Waals surface area contributed by atoms with Crippen molar-refractivity contribution in [2.45, 2.75) is 38.6 Å². The maximum absolute atomic E-state index is 11.4. The molecule has 2 atom stereocenters. The Morgan fingerprint density at radius 3 is 2.53 bits per heavy atom. The molecule has 0 spiro atoms. The highest BCUT2D eigenvalue weighted by molar-refractivity contribution is 8.00. The minimum absolute atomic E-state index is 0.0311. The zero-order valence-electron chi connectivity index (χ0n) is 9.27. The fraction of sp³-hybridized carbons (Fsp3) is 0.800. The molecule has 0 aromatic rings. The molecule has 0 saturated carbocycles. The summed E-state index contributed by atoms with van der Waals surface area (Å²) in [6.45, 7) is 5.59. The first-order valence-electron chi connectivity index (χ1n) is 5.06. The monoisotopic (exact) mass is 231 g/mol. The molecule has 1 amide bonds. The SMILES string of the molecule is CC(=O)N1C(CC(C)C)SCC1C(=O)O. The molecular weight excluding hydrogens is 214 g/mol. The van der Waals surface area contributed by atoms with Gasteiger partial charge in [-0.1, -0.05) is 13.8 Å². The van der Waals surface area contributed by atoms with E-state index in [1.54, 1.807) is 11.8 Å². The summed E-state index contributed by atoms with van der Waals surface area (Å²) in [6.07, 6.45) is 0.855. The van der Waals surface area contributed by atoms with Gasteiger partial charge in [0.25, 0.3) is 0 Å². The molecule has 1 N–H and O–H groups in total. The minimum atomic E-state index is -0.899. The molecule has 0 aromatic carbocycles. The van der Waals surface area contributed by atoms with Crippen molar-refractivity contribution in [3.63, 3.8) is 0 Å². The van der Waals surface area contributed by atoms with E-state index >= 15 is 0 Å². The van der Waals surface area contributed by atoms with Crippen LogP contribution in [0.15, 0.2) is 0 Å². The second-order valence-corrected chi connectivity index (χ2v) is 5.41. The lowest BCUT2D eigenvalue weighted by Gasteiger charge is -2.27. The Morgan fingerprint density at radius 2 is 2.13 bits per heavy atom. The summed E-state index contributed by atoms with van der Waals surface area (Å²) in [4.78, 5) is 23.8. The van der Waals surface area contributed by atoms with Gasteiger partial charge in [0.2, 0.25) is 5.91 Å². The Kier molecular flexibility index (Phi) is 4.02. The number of carbonyl (C=O) groups is 2. The van der Waals surface area contributed by atoms with Gasteiger partial charge in [0.15, 0.2) is 0 Å². The van der Waals surface area contributed by atoms with E-state index in [4.69, 9.17) is 5.11 Å². The highest BCUT2D eigenvalue weighted by atomic mass is 32.2. The molecule has 1 rings (SSSR count). The first kappa shape index (κ1) is 12.4. The van der Waals surface area contributed by atoms with Crippen LogP contribution in [0.5, 0.6) is 0 Å². The number of nitrogens with zero attached hydrogens (tertiary/aromatic N) is 1. The van der Waals surface area contributed by atoms with Crippen molar-refractivity contribution in [3.8, 4) is 0 Å². The van der Waals surface area contributed by atoms with Crippen molar-refractivity contribution in [2.24, 2.45) is 5.92 Å². The number of rotatable bonds is 3. The quantitative estimate of drug-likeness (QED) is 0.798. The van der Waals surface area contributed by atoms with Gasteiger partial charge in [-0.05, 0) is 12.3 Å². The molecule has 1 aliphatic heterocycles. The minimum Gasteiger partial charge on any atom is -0.480 e. The van der Waals surface area contributed by atoms with Crippen LogP contribution in [0, 0.1) is 5.92 Å². The molecule has 1 saturated heterocycles. The van der Waals surface area contributed by atoms with Crippen LogP contribution in [-0.4, -0.2) is 39.1 Å². The number of thioether (sulfide) groups is 1. The van der Waals surface area contributed by atoms with Crippen LogP contribution in [0.25, 0.3) is 0 Å². The van der Waals surface area contributed by atoms with Crippen LogP contribution < -0.4 is 0 Å². The van der Waals surface area contributed by atoms with E-state index in [0.717, 1.165) is 6.42 Å². The van der Waals surface area contributed by atoms with E-state index < -0.39 is 12.0 Å². The fourth-order valence-corrected chi connectivity index (χ4v) is 3.45. The van der Waals surface area contributed by atoms with Crippen LogP contribution in [0.2, 0.25) is 0 Å². The first-order chi connectivity index (χ1) is 6.93. The summed E-state index contributed by atoms with van der Waals surface area (Å²) in [5, 5.41) is 9.01. The van der Waals surface area contributed by atoms with Gasteiger partial charge in [0.05, 0.1) is 5.37 Å². The van der Waals surface area contributed by atoms with E-state index in [9.17, 15) is 9.59 Å². The normalized spacial score (nSPS) is 26.0. The lowest BCUT2D eigenvalue weighted by atomic mass is 10.1. The smallest absolute Gasteiger partial charge is 0.327 e. The number of amides is 1. The van der Waals surface area contributed by atoms with Crippen molar-refractivity contribution in [1.29, 1.82) is 0 Å². The molecule has 5 heteroatoms. The molecular formula is C10H17NO3S.